The topological polar surface area (TPSA) is 70.3 Å². The summed E-state index contributed by atoms with van der Waals surface area (Å²) >= 11 is 0. The van der Waals surface area contributed by atoms with Gasteiger partial charge in [0.2, 0.25) is 0 Å². The fourth-order valence-electron chi connectivity index (χ4n) is 2.17. The molecule has 1 heterocycles. The van der Waals surface area contributed by atoms with Crippen molar-refractivity contribution >= 4 is 11.0 Å². The van der Waals surface area contributed by atoms with E-state index in [1.807, 2.05) is 17.9 Å². The van der Waals surface area contributed by atoms with Gasteiger partial charge in [-0.05, 0) is 37.1 Å². The van der Waals surface area contributed by atoms with Gasteiger partial charge in [-0.25, -0.2) is 4.98 Å². The van der Waals surface area contributed by atoms with Gasteiger partial charge in [0.15, 0.2) is 0 Å². The molecule has 1 aromatic heterocycles. The second kappa shape index (κ2) is 6.65. The van der Waals surface area contributed by atoms with Crippen molar-refractivity contribution in [3.05, 3.63) is 30.1 Å². The minimum atomic E-state index is -0.0245. The molecule has 1 aromatic carbocycles. The van der Waals surface area contributed by atoms with Gasteiger partial charge >= 0.3 is 0 Å². The maximum absolute atomic E-state index is 9.11. The fourth-order valence-corrected chi connectivity index (χ4v) is 2.17. The monoisotopic (exact) mass is 263 g/mol. The molecule has 104 valence electrons. The van der Waals surface area contributed by atoms with Crippen LogP contribution in [0.4, 0.5) is 0 Å². The van der Waals surface area contributed by atoms with Crippen LogP contribution in [0.2, 0.25) is 0 Å². The Balaban J connectivity index is 1.90. The maximum atomic E-state index is 9.11. The van der Waals surface area contributed by atoms with E-state index in [1.165, 1.54) is 5.56 Å². The minimum Gasteiger partial charge on any atom is -0.396 e. The van der Waals surface area contributed by atoms with E-state index < -0.39 is 0 Å². The van der Waals surface area contributed by atoms with Crippen LogP contribution in [0.3, 0.4) is 0 Å². The van der Waals surface area contributed by atoms with Gasteiger partial charge in [-0.1, -0.05) is 6.07 Å². The van der Waals surface area contributed by atoms with Gasteiger partial charge in [0.1, 0.15) is 0 Å². The van der Waals surface area contributed by atoms with Crippen LogP contribution >= 0.6 is 0 Å². The van der Waals surface area contributed by atoms with Gasteiger partial charge in [0.25, 0.3) is 0 Å². The number of hydrogen-bond donors (Lipinski definition) is 3. The number of fused-ring (bicyclic) bond motifs is 1. The van der Waals surface area contributed by atoms with E-state index in [1.54, 1.807) is 0 Å². The molecular weight excluding hydrogens is 242 g/mol. The normalized spacial score (nSPS) is 13.0. The molecule has 0 amide bonds. The highest BCUT2D eigenvalue weighted by Gasteiger charge is 2.06. The molecule has 1 unspecified atom stereocenters. The average Bonchev–Trinajstić information content (AvgIpc) is 2.79. The van der Waals surface area contributed by atoms with E-state index in [0.717, 1.165) is 24.0 Å². The molecule has 19 heavy (non-hydrogen) atoms. The Morgan fingerprint density at radius 3 is 2.95 bits per heavy atom. The lowest BCUT2D eigenvalue weighted by molar-refractivity contribution is 0.201. The molecule has 0 saturated heterocycles. The van der Waals surface area contributed by atoms with E-state index >= 15 is 0 Å². The maximum Gasteiger partial charge on any atom is 0.0955 e. The molecule has 1 atom stereocenters. The number of aromatic nitrogens is 2. The molecule has 2 aromatic rings. The number of nitrogens with zero attached hydrogens (tertiary/aromatic N) is 2. The van der Waals surface area contributed by atoms with Crippen LogP contribution in [0.5, 0.6) is 0 Å². The van der Waals surface area contributed by atoms with Crippen LogP contribution in [0, 0.1) is 0 Å². The van der Waals surface area contributed by atoms with Crippen LogP contribution in [0.25, 0.3) is 11.0 Å². The molecule has 0 spiro atoms. The third kappa shape index (κ3) is 3.53. The standard InChI is InChI=1S/C14H21N3O2/c1-17-10-16-13-8-11(2-3-14(13)17)4-6-15-12(9-19)5-7-18/h2-3,8,10,12,15,18-19H,4-7,9H2,1H3. The number of aliphatic hydroxyl groups excluding tert-OH is 2. The quantitative estimate of drug-likeness (QED) is 0.678. The Hall–Kier alpha value is -1.43. The van der Waals surface area contributed by atoms with Crippen molar-refractivity contribution in [1.82, 2.24) is 14.9 Å². The Bertz CT molecular complexity index is 524. The van der Waals surface area contributed by atoms with Gasteiger partial charge in [-0.2, -0.15) is 0 Å². The minimum absolute atomic E-state index is 0.0245. The van der Waals surface area contributed by atoms with E-state index in [0.29, 0.717) is 6.42 Å². The highest BCUT2D eigenvalue weighted by Crippen LogP contribution is 2.14. The van der Waals surface area contributed by atoms with Crippen LogP contribution in [0.15, 0.2) is 24.5 Å². The predicted octanol–water partition coefficient (Wildman–Crippen LogP) is 0.449. The molecule has 5 heteroatoms. The number of hydrogen-bond acceptors (Lipinski definition) is 4. The Morgan fingerprint density at radius 1 is 1.37 bits per heavy atom. The number of aliphatic hydroxyl groups is 2. The summed E-state index contributed by atoms with van der Waals surface area (Å²) in [5.74, 6) is 0. The zero-order valence-electron chi connectivity index (χ0n) is 11.2. The highest BCUT2D eigenvalue weighted by molar-refractivity contribution is 5.75. The Morgan fingerprint density at radius 2 is 2.21 bits per heavy atom. The first-order chi connectivity index (χ1) is 9.24. The van der Waals surface area contributed by atoms with Gasteiger partial charge in [-0.15, -0.1) is 0 Å². The van der Waals surface area contributed by atoms with Gasteiger partial charge < -0.3 is 20.1 Å². The fraction of sp³-hybridized carbons (Fsp3) is 0.500. The summed E-state index contributed by atoms with van der Waals surface area (Å²) in [6, 6.07) is 6.25. The largest absolute Gasteiger partial charge is 0.396 e. The van der Waals surface area contributed by atoms with Crippen molar-refractivity contribution in [3.8, 4) is 0 Å². The molecule has 0 radical (unpaired) electrons. The smallest absolute Gasteiger partial charge is 0.0955 e. The lowest BCUT2D eigenvalue weighted by Gasteiger charge is -2.14. The molecule has 3 N–H and O–H groups in total. The highest BCUT2D eigenvalue weighted by atomic mass is 16.3. The van der Waals surface area contributed by atoms with Crippen molar-refractivity contribution in [2.24, 2.45) is 7.05 Å². The molecule has 0 fully saturated rings. The summed E-state index contributed by atoms with van der Waals surface area (Å²) in [5, 5.41) is 21.2. The number of rotatable bonds is 7. The van der Waals surface area contributed by atoms with Gasteiger partial charge in [0, 0.05) is 19.7 Å². The second-order valence-corrected chi connectivity index (χ2v) is 4.77. The van der Waals surface area contributed by atoms with Crippen molar-refractivity contribution in [3.63, 3.8) is 0 Å². The summed E-state index contributed by atoms with van der Waals surface area (Å²) in [5.41, 5.74) is 3.36. The molecular formula is C14H21N3O2. The molecule has 0 aliphatic rings. The summed E-state index contributed by atoms with van der Waals surface area (Å²) in [7, 11) is 1.98. The van der Waals surface area contributed by atoms with E-state index in [-0.39, 0.29) is 19.3 Å². The predicted molar refractivity (Wildman–Crippen MR) is 75.0 cm³/mol. The van der Waals surface area contributed by atoms with E-state index in [9.17, 15) is 0 Å². The van der Waals surface area contributed by atoms with Crippen LogP contribution in [0.1, 0.15) is 12.0 Å². The van der Waals surface area contributed by atoms with Crippen molar-refractivity contribution in [2.75, 3.05) is 19.8 Å². The summed E-state index contributed by atoms with van der Waals surface area (Å²) in [6.07, 6.45) is 3.28. The van der Waals surface area contributed by atoms with Crippen LogP contribution < -0.4 is 5.32 Å². The zero-order chi connectivity index (χ0) is 13.7. The summed E-state index contributed by atoms with van der Waals surface area (Å²) < 4.78 is 2.00. The number of imidazole rings is 1. The van der Waals surface area contributed by atoms with Crippen LogP contribution in [-0.2, 0) is 13.5 Å². The molecule has 5 nitrogen and oxygen atoms in total. The third-order valence-corrected chi connectivity index (χ3v) is 3.33. The second-order valence-electron chi connectivity index (χ2n) is 4.77. The zero-order valence-corrected chi connectivity index (χ0v) is 11.2. The molecule has 0 aliphatic heterocycles. The van der Waals surface area contributed by atoms with Crippen molar-refractivity contribution in [2.45, 2.75) is 18.9 Å². The Labute approximate surface area is 112 Å². The van der Waals surface area contributed by atoms with E-state index in [4.69, 9.17) is 10.2 Å². The SMILES string of the molecule is Cn1cnc2cc(CCNC(CO)CCO)ccc21. The lowest BCUT2D eigenvalue weighted by atomic mass is 10.1. The number of aryl methyl sites for hydroxylation is 1. The first-order valence-electron chi connectivity index (χ1n) is 6.59. The summed E-state index contributed by atoms with van der Waals surface area (Å²) in [6.45, 7) is 0.932. The third-order valence-electron chi connectivity index (χ3n) is 3.33. The van der Waals surface area contributed by atoms with Gasteiger partial charge in [0.05, 0.1) is 24.0 Å². The van der Waals surface area contributed by atoms with Crippen molar-refractivity contribution in [1.29, 1.82) is 0 Å². The lowest BCUT2D eigenvalue weighted by Crippen LogP contribution is -2.34. The first kappa shape index (κ1) is 14.0. The first-order valence-corrected chi connectivity index (χ1v) is 6.59. The number of benzene rings is 1. The average molecular weight is 263 g/mol. The van der Waals surface area contributed by atoms with E-state index in [2.05, 4.69) is 28.5 Å². The molecule has 2 rings (SSSR count). The van der Waals surface area contributed by atoms with Crippen molar-refractivity contribution < 1.29 is 10.2 Å². The molecule has 0 bridgehead atoms. The summed E-state index contributed by atoms with van der Waals surface area (Å²) in [4.78, 5) is 4.34. The molecule has 0 aliphatic carbocycles. The van der Waals surface area contributed by atoms with Crippen LogP contribution in [-0.4, -0.2) is 45.6 Å². The molecule has 0 saturated carbocycles. The van der Waals surface area contributed by atoms with Gasteiger partial charge in [-0.3, -0.25) is 0 Å². The Kier molecular flexibility index (Phi) is 4.90. The number of nitrogens with one attached hydrogen (secondary N) is 1.